The number of likely N-dealkylation sites (tertiary alicyclic amines) is 1. The minimum absolute atomic E-state index is 0.00118. The third-order valence-electron chi connectivity index (χ3n) is 4.58. The number of methoxy groups -OCH3 is 1. The average Bonchev–Trinajstić information content (AvgIpc) is 3.22. The number of rotatable bonds is 8. The Morgan fingerprint density at radius 2 is 2.12 bits per heavy atom. The van der Waals surface area contributed by atoms with E-state index in [9.17, 15) is 4.79 Å². The molecule has 0 spiro atoms. The molecule has 2 atom stereocenters. The Kier molecular flexibility index (Phi) is 6.35. The maximum Gasteiger partial charge on any atom is 0.236 e. The zero-order valence-electron chi connectivity index (χ0n) is 15.3. The molecular weight excluding hydrogens is 334 g/mol. The normalized spacial score (nSPS) is 19.8. The van der Waals surface area contributed by atoms with Gasteiger partial charge in [-0.1, -0.05) is 35.5 Å². The van der Waals surface area contributed by atoms with E-state index in [1.807, 2.05) is 23.1 Å². The van der Waals surface area contributed by atoms with Crippen LogP contribution in [0.4, 0.5) is 0 Å². The van der Waals surface area contributed by atoms with E-state index in [0.29, 0.717) is 31.5 Å². The summed E-state index contributed by atoms with van der Waals surface area (Å²) in [5.41, 5.74) is 1.19. The van der Waals surface area contributed by atoms with E-state index < -0.39 is 0 Å². The summed E-state index contributed by atoms with van der Waals surface area (Å²) in [4.78, 5) is 18.8. The van der Waals surface area contributed by atoms with Crippen LogP contribution in [0.2, 0.25) is 0 Å². The fraction of sp³-hybridized carbons (Fsp3) is 0.526. The predicted octanol–water partition coefficient (Wildman–Crippen LogP) is 1.80. The standard InChI is InChI=1S/C19H25N3O4/c1-14-20-18(26-21-14)13-19(23)22-9-8-17(25-11-10-24-2)16(22)12-15-6-4-3-5-7-15/h3-7,16-17H,8-13H2,1-2H3/t16-,17+/m0/s1. The molecule has 0 aliphatic carbocycles. The summed E-state index contributed by atoms with van der Waals surface area (Å²) in [6.45, 7) is 3.48. The van der Waals surface area contributed by atoms with Crippen molar-refractivity contribution in [1.82, 2.24) is 15.0 Å². The molecule has 1 aliphatic heterocycles. The SMILES string of the molecule is COCCO[C@@H]1CCN(C(=O)Cc2nc(C)no2)[C@H]1Cc1ccccc1. The zero-order chi connectivity index (χ0) is 18.4. The minimum atomic E-state index is -0.00854. The molecule has 26 heavy (non-hydrogen) atoms. The van der Waals surface area contributed by atoms with Crippen molar-refractivity contribution >= 4 is 5.91 Å². The van der Waals surface area contributed by atoms with E-state index in [1.165, 1.54) is 5.56 Å². The molecule has 1 aliphatic rings. The smallest absolute Gasteiger partial charge is 0.236 e. The van der Waals surface area contributed by atoms with Crippen molar-refractivity contribution in [3.05, 3.63) is 47.6 Å². The first-order valence-electron chi connectivity index (χ1n) is 8.90. The molecule has 0 saturated carbocycles. The second-order valence-electron chi connectivity index (χ2n) is 6.45. The maximum atomic E-state index is 12.8. The van der Waals surface area contributed by atoms with Crippen LogP contribution in [0, 0.1) is 6.92 Å². The van der Waals surface area contributed by atoms with Gasteiger partial charge in [-0.15, -0.1) is 0 Å². The third-order valence-corrected chi connectivity index (χ3v) is 4.58. The van der Waals surface area contributed by atoms with Crippen molar-refractivity contribution in [2.45, 2.75) is 38.3 Å². The van der Waals surface area contributed by atoms with Gasteiger partial charge in [-0.25, -0.2) is 0 Å². The largest absolute Gasteiger partial charge is 0.382 e. The number of hydrogen-bond donors (Lipinski definition) is 0. The van der Waals surface area contributed by atoms with Gasteiger partial charge >= 0.3 is 0 Å². The number of carbonyl (C=O) groups is 1. The summed E-state index contributed by atoms with van der Waals surface area (Å²) >= 11 is 0. The molecule has 2 aromatic rings. The molecule has 7 heteroatoms. The van der Waals surface area contributed by atoms with E-state index in [1.54, 1.807) is 14.0 Å². The quantitative estimate of drug-likeness (QED) is 0.669. The van der Waals surface area contributed by atoms with E-state index in [0.717, 1.165) is 12.8 Å². The molecule has 2 heterocycles. The van der Waals surface area contributed by atoms with Crippen LogP contribution in [0.25, 0.3) is 0 Å². The van der Waals surface area contributed by atoms with Gasteiger partial charge < -0.3 is 18.9 Å². The van der Waals surface area contributed by atoms with E-state index >= 15 is 0 Å². The Morgan fingerprint density at radius 1 is 1.31 bits per heavy atom. The van der Waals surface area contributed by atoms with Gasteiger partial charge in [0.1, 0.15) is 6.42 Å². The maximum absolute atomic E-state index is 12.8. The molecule has 3 rings (SSSR count). The monoisotopic (exact) mass is 359 g/mol. The van der Waals surface area contributed by atoms with Crippen molar-refractivity contribution in [2.75, 3.05) is 26.9 Å². The summed E-state index contributed by atoms with van der Waals surface area (Å²) in [6, 6.07) is 10.2. The molecule has 1 aromatic carbocycles. The molecule has 0 unspecified atom stereocenters. The minimum Gasteiger partial charge on any atom is -0.382 e. The van der Waals surface area contributed by atoms with Crippen molar-refractivity contribution in [3.8, 4) is 0 Å². The van der Waals surface area contributed by atoms with Crippen molar-refractivity contribution in [2.24, 2.45) is 0 Å². The van der Waals surface area contributed by atoms with Crippen LogP contribution in [-0.2, 0) is 27.1 Å². The highest BCUT2D eigenvalue weighted by Crippen LogP contribution is 2.25. The average molecular weight is 359 g/mol. The summed E-state index contributed by atoms with van der Waals surface area (Å²) in [5.74, 6) is 0.887. The highest BCUT2D eigenvalue weighted by molar-refractivity contribution is 5.78. The molecule has 1 saturated heterocycles. The fourth-order valence-corrected chi connectivity index (χ4v) is 3.35. The molecule has 1 fully saturated rings. The number of hydrogen-bond acceptors (Lipinski definition) is 6. The van der Waals surface area contributed by atoms with Crippen molar-refractivity contribution in [1.29, 1.82) is 0 Å². The van der Waals surface area contributed by atoms with Gasteiger partial charge in [0.25, 0.3) is 0 Å². The Morgan fingerprint density at radius 3 is 2.81 bits per heavy atom. The molecular formula is C19H25N3O4. The Bertz CT molecular complexity index is 704. The van der Waals surface area contributed by atoms with E-state index in [4.69, 9.17) is 14.0 Å². The Hall–Kier alpha value is -2.25. The summed E-state index contributed by atoms with van der Waals surface area (Å²) in [6.07, 6.45) is 1.69. The second kappa shape index (κ2) is 8.91. The van der Waals surface area contributed by atoms with Crippen LogP contribution in [-0.4, -0.2) is 60.0 Å². The van der Waals surface area contributed by atoms with Crippen LogP contribution in [0.5, 0.6) is 0 Å². The van der Waals surface area contributed by atoms with Gasteiger partial charge in [-0.05, 0) is 25.3 Å². The van der Waals surface area contributed by atoms with E-state index in [2.05, 4.69) is 22.3 Å². The van der Waals surface area contributed by atoms with Gasteiger partial charge in [0.05, 0.1) is 25.4 Å². The topological polar surface area (TPSA) is 77.7 Å². The van der Waals surface area contributed by atoms with Crippen LogP contribution < -0.4 is 0 Å². The van der Waals surface area contributed by atoms with Crippen LogP contribution >= 0.6 is 0 Å². The first-order chi connectivity index (χ1) is 12.7. The lowest BCUT2D eigenvalue weighted by Gasteiger charge is -2.28. The third kappa shape index (κ3) is 4.68. The fourth-order valence-electron chi connectivity index (χ4n) is 3.35. The Balaban J connectivity index is 1.70. The van der Waals surface area contributed by atoms with Crippen LogP contribution in [0.1, 0.15) is 23.7 Å². The highest BCUT2D eigenvalue weighted by atomic mass is 16.5. The number of aryl methyl sites for hydroxylation is 1. The second-order valence-corrected chi connectivity index (χ2v) is 6.45. The van der Waals surface area contributed by atoms with Crippen LogP contribution in [0.3, 0.4) is 0 Å². The molecule has 0 bridgehead atoms. The first kappa shape index (κ1) is 18.5. The molecule has 1 aromatic heterocycles. The van der Waals surface area contributed by atoms with Gasteiger partial charge in [-0.2, -0.15) is 4.98 Å². The van der Waals surface area contributed by atoms with Gasteiger partial charge in [0.15, 0.2) is 5.82 Å². The zero-order valence-corrected chi connectivity index (χ0v) is 15.3. The number of nitrogens with zero attached hydrogens (tertiary/aromatic N) is 3. The lowest BCUT2D eigenvalue weighted by molar-refractivity contribution is -0.133. The molecule has 0 radical (unpaired) electrons. The number of ether oxygens (including phenoxy) is 2. The summed E-state index contributed by atoms with van der Waals surface area (Å²) in [7, 11) is 1.65. The molecule has 7 nitrogen and oxygen atoms in total. The predicted molar refractivity (Wildman–Crippen MR) is 94.6 cm³/mol. The van der Waals surface area contributed by atoms with Crippen LogP contribution in [0.15, 0.2) is 34.9 Å². The number of amides is 1. The van der Waals surface area contributed by atoms with E-state index in [-0.39, 0.29) is 24.5 Å². The number of carbonyl (C=O) groups excluding carboxylic acids is 1. The van der Waals surface area contributed by atoms with Crippen molar-refractivity contribution in [3.63, 3.8) is 0 Å². The number of benzene rings is 1. The summed E-state index contributed by atoms with van der Waals surface area (Å²) in [5, 5.41) is 3.75. The summed E-state index contributed by atoms with van der Waals surface area (Å²) < 4.78 is 16.2. The lowest BCUT2D eigenvalue weighted by atomic mass is 10.0. The molecule has 140 valence electrons. The number of aromatic nitrogens is 2. The molecule has 0 N–H and O–H groups in total. The van der Waals surface area contributed by atoms with Gasteiger partial charge in [0.2, 0.25) is 11.8 Å². The van der Waals surface area contributed by atoms with Gasteiger partial charge in [0, 0.05) is 13.7 Å². The lowest BCUT2D eigenvalue weighted by Crippen LogP contribution is -2.42. The Labute approximate surface area is 153 Å². The molecule has 1 amide bonds. The van der Waals surface area contributed by atoms with Crippen molar-refractivity contribution < 1.29 is 18.8 Å². The first-order valence-corrected chi connectivity index (χ1v) is 8.90. The van der Waals surface area contributed by atoms with Gasteiger partial charge in [-0.3, -0.25) is 4.79 Å². The highest BCUT2D eigenvalue weighted by Gasteiger charge is 2.38.